The summed E-state index contributed by atoms with van der Waals surface area (Å²) in [4.78, 5) is 17.0. The standard InChI is InChI=1S/C20H18N2O4/c1-11-7-8-18(25-11)15-10-16(19-17(23)9-12(2)26-20(19)24)22-14-6-4-3-5-13(14)21-15/h3-9,15,21,23H,10H2,1-2H3. The number of para-hydroxylation sites is 2. The third kappa shape index (κ3) is 2.90. The second kappa shape index (κ2) is 6.22. The fraction of sp³-hybridized carbons (Fsp3) is 0.200. The molecule has 132 valence electrons. The van der Waals surface area contributed by atoms with Crippen molar-refractivity contribution in [2.45, 2.75) is 26.3 Å². The Morgan fingerprint density at radius 2 is 1.92 bits per heavy atom. The molecule has 0 fully saturated rings. The maximum Gasteiger partial charge on any atom is 0.348 e. The molecule has 1 aromatic carbocycles. The first kappa shape index (κ1) is 16.2. The number of rotatable bonds is 2. The summed E-state index contributed by atoms with van der Waals surface area (Å²) in [6.07, 6.45) is 0.364. The predicted molar refractivity (Wildman–Crippen MR) is 98.4 cm³/mol. The van der Waals surface area contributed by atoms with Gasteiger partial charge in [-0.1, -0.05) is 12.1 Å². The third-order valence-corrected chi connectivity index (χ3v) is 4.33. The highest BCUT2D eigenvalue weighted by molar-refractivity contribution is 6.05. The van der Waals surface area contributed by atoms with Crippen LogP contribution >= 0.6 is 0 Å². The van der Waals surface area contributed by atoms with E-state index in [2.05, 4.69) is 10.3 Å². The van der Waals surface area contributed by atoms with Crippen LogP contribution in [-0.2, 0) is 0 Å². The van der Waals surface area contributed by atoms with Gasteiger partial charge in [0.2, 0.25) is 0 Å². The Hall–Kier alpha value is -3.28. The van der Waals surface area contributed by atoms with E-state index in [0.29, 0.717) is 23.6 Å². The van der Waals surface area contributed by atoms with Crippen molar-refractivity contribution in [1.29, 1.82) is 0 Å². The van der Waals surface area contributed by atoms with Crippen LogP contribution in [0.1, 0.15) is 35.3 Å². The third-order valence-electron chi connectivity index (χ3n) is 4.33. The average Bonchev–Trinajstić information content (AvgIpc) is 2.92. The number of aryl methyl sites for hydroxylation is 2. The van der Waals surface area contributed by atoms with Crippen molar-refractivity contribution in [3.8, 4) is 5.75 Å². The zero-order valence-electron chi connectivity index (χ0n) is 14.4. The van der Waals surface area contributed by atoms with E-state index in [1.807, 2.05) is 43.3 Å². The topological polar surface area (TPSA) is 88.0 Å². The van der Waals surface area contributed by atoms with Gasteiger partial charge in [0.25, 0.3) is 0 Å². The predicted octanol–water partition coefficient (Wildman–Crippen LogP) is 4.23. The molecule has 26 heavy (non-hydrogen) atoms. The Morgan fingerprint density at radius 1 is 1.12 bits per heavy atom. The Morgan fingerprint density at radius 3 is 2.65 bits per heavy atom. The normalized spacial score (nSPS) is 16.4. The van der Waals surface area contributed by atoms with E-state index >= 15 is 0 Å². The van der Waals surface area contributed by atoms with Gasteiger partial charge in [-0.2, -0.15) is 0 Å². The van der Waals surface area contributed by atoms with Crippen molar-refractivity contribution in [3.63, 3.8) is 0 Å². The molecule has 0 amide bonds. The van der Waals surface area contributed by atoms with Crippen LogP contribution in [-0.4, -0.2) is 10.8 Å². The lowest BCUT2D eigenvalue weighted by atomic mass is 10.0. The van der Waals surface area contributed by atoms with Crippen LogP contribution in [0.2, 0.25) is 0 Å². The van der Waals surface area contributed by atoms with E-state index in [0.717, 1.165) is 17.2 Å². The zero-order valence-corrected chi connectivity index (χ0v) is 14.4. The molecular weight excluding hydrogens is 332 g/mol. The number of fused-ring (bicyclic) bond motifs is 1. The van der Waals surface area contributed by atoms with Crippen LogP contribution in [0.15, 0.2) is 61.1 Å². The van der Waals surface area contributed by atoms with Gasteiger partial charge in [0, 0.05) is 12.5 Å². The van der Waals surface area contributed by atoms with Gasteiger partial charge in [-0.25, -0.2) is 4.79 Å². The number of hydrogen-bond acceptors (Lipinski definition) is 6. The van der Waals surface area contributed by atoms with E-state index in [1.165, 1.54) is 6.07 Å². The highest BCUT2D eigenvalue weighted by Crippen LogP contribution is 2.36. The summed E-state index contributed by atoms with van der Waals surface area (Å²) in [5.74, 6) is 1.76. The van der Waals surface area contributed by atoms with Gasteiger partial charge in [0.1, 0.15) is 28.6 Å². The molecule has 0 radical (unpaired) electrons. The van der Waals surface area contributed by atoms with Crippen molar-refractivity contribution >= 4 is 17.1 Å². The minimum absolute atomic E-state index is 0.0855. The van der Waals surface area contributed by atoms with Gasteiger partial charge in [0.05, 0.1) is 23.1 Å². The molecule has 6 heteroatoms. The summed E-state index contributed by atoms with van der Waals surface area (Å²) < 4.78 is 11.0. The fourth-order valence-electron chi connectivity index (χ4n) is 3.15. The van der Waals surface area contributed by atoms with Gasteiger partial charge in [-0.15, -0.1) is 0 Å². The molecule has 2 aromatic heterocycles. The molecular formula is C20H18N2O4. The summed E-state index contributed by atoms with van der Waals surface area (Å²) >= 11 is 0. The monoisotopic (exact) mass is 350 g/mol. The van der Waals surface area contributed by atoms with Crippen molar-refractivity contribution in [3.05, 3.63) is 75.7 Å². The lowest BCUT2D eigenvalue weighted by Crippen LogP contribution is -2.19. The second-order valence-corrected chi connectivity index (χ2v) is 6.33. The molecule has 3 heterocycles. The van der Waals surface area contributed by atoms with Crippen molar-refractivity contribution in [2.24, 2.45) is 4.99 Å². The number of benzene rings is 1. The molecule has 0 bridgehead atoms. The summed E-state index contributed by atoms with van der Waals surface area (Å²) in [5, 5.41) is 13.8. The maximum atomic E-state index is 12.4. The fourth-order valence-corrected chi connectivity index (χ4v) is 3.15. The van der Waals surface area contributed by atoms with Gasteiger partial charge in [-0.3, -0.25) is 4.99 Å². The number of nitrogens with zero attached hydrogens (tertiary/aromatic N) is 1. The first-order valence-electron chi connectivity index (χ1n) is 8.35. The Kier molecular flexibility index (Phi) is 3.88. The number of hydrogen-bond donors (Lipinski definition) is 2. The maximum absolute atomic E-state index is 12.4. The van der Waals surface area contributed by atoms with Crippen LogP contribution in [0.4, 0.5) is 11.4 Å². The lowest BCUT2D eigenvalue weighted by Gasteiger charge is -2.16. The summed E-state index contributed by atoms with van der Waals surface area (Å²) in [5.41, 5.74) is 1.45. The molecule has 0 aliphatic carbocycles. The smallest absolute Gasteiger partial charge is 0.348 e. The molecule has 0 spiro atoms. The van der Waals surface area contributed by atoms with Gasteiger partial charge >= 0.3 is 5.63 Å². The summed E-state index contributed by atoms with van der Waals surface area (Å²) in [7, 11) is 0. The number of anilines is 1. The van der Waals surface area contributed by atoms with Crippen LogP contribution in [0.25, 0.3) is 0 Å². The van der Waals surface area contributed by atoms with Crippen LogP contribution in [0.3, 0.4) is 0 Å². The highest BCUT2D eigenvalue weighted by Gasteiger charge is 2.26. The van der Waals surface area contributed by atoms with E-state index in [4.69, 9.17) is 8.83 Å². The molecule has 4 rings (SSSR count). The lowest BCUT2D eigenvalue weighted by molar-refractivity contribution is 0.431. The zero-order chi connectivity index (χ0) is 18.3. The highest BCUT2D eigenvalue weighted by atomic mass is 16.4. The van der Waals surface area contributed by atoms with Crippen LogP contribution in [0.5, 0.6) is 5.75 Å². The molecule has 6 nitrogen and oxygen atoms in total. The molecule has 1 atom stereocenters. The number of nitrogens with one attached hydrogen (secondary N) is 1. The largest absolute Gasteiger partial charge is 0.507 e. The van der Waals surface area contributed by atoms with Crippen molar-refractivity contribution < 1.29 is 13.9 Å². The number of aromatic hydroxyl groups is 1. The summed E-state index contributed by atoms with van der Waals surface area (Å²) in [6.45, 7) is 3.49. The first-order chi connectivity index (χ1) is 12.5. The van der Waals surface area contributed by atoms with Crippen LogP contribution in [0, 0.1) is 13.8 Å². The molecule has 1 unspecified atom stereocenters. The molecule has 0 saturated carbocycles. The average molecular weight is 350 g/mol. The molecule has 1 aliphatic heterocycles. The van der Waals surface area contributed by atoms with Gasteiger partial charge in [-0.05, 0) is 38.1 Å². The van der Waals surface area contributed by atoms with Gasteiger partial charge in [0.15, 0.2) is 0 Å². The molecule has 2 N–H and O–H groups in total. The molecule has 1 aliphatic rings. The van der Waals surface area contributed by atoms with E-state index in [-0.39, 0.29) is 17.4 Å². The molecule has 3 aromatic rings. The van der Waals surface area contributed by atoms with E-state index in [9.17, 15) is 9.90 Å². The molecule has 0 saturated heterocycles. The van der Waals surface area contributed by atoms with E-state index < -0.39 is 5.63 Å². The minimum atomic E-state index is -0.602. The SMILES string of the molecule is Cc1ccc(C2CC(c3c(O)cc(C)oc3=O)=Nc3ccccc3N2)o1. The summed E-state index contributed by atoms with van der Waals surface area (Å²) in [6, 6.07) is 12.5. The Bertz CT molecular complexity index is 1060. The Balaban J connectivity index is 1.88. The minimum Gasteiger partial charge on any atom is -0.507 e. The Labute approximate surface area is 149 Å². The van der Waals surface area contributed by atoms with Crippen molar-refractivity contribution in [1.82, 2.24) is 0 Å². The van der Waals surface area contributed by atoms with Crippen LogP contribution < -0.4 is 10.9 Å². The van der Waals surface area contributed by atoms with Crippen molar-refractivity contribution in [2.75, 3.05) is 5.32 Å². The van der Waals surface area contributed by atoms with Gasteiger partial charge < -0.3 is 19.3 Å². The number of aliphatic imine (C=N–C) groups is 1. The first-order valence-corrected chi connectivity index (χ1v) is 8.35. The number of furan rings is 1. The van der Waals surface area contributed by atoms with E-state index in [1.54, 1.807) is 6.92 Å². The second-order valence-electron chi connectivity index (χ2n) is 6.33. The quantitative estimate of drug-likeness (QED) is 0.722.